The number of carbonyl (C=O) groups excluding carboxylic acids is 2. The zero-order valence-electron chi connectivity index (χ0n) is 18.4. The van der Waals surface area contributed by atoms with E-state index < -0.39 is 6.04 Å². The predicted octanol–water partition coefficient (Wildman–Crippen LogP) is 4.57. The second-order valence-electron chi connectivity index (χ2n) is 7.99. The Bertz CT molecular complexity index is 797. The molecule has 4 nitrogen and oxygen atoms in total. The van der Waals surface area contributed by atoms with Gasteiger partial charge in [0.15, 0.2) is 0 Å². The Morgan fingerprint density at radius 2 is 1.41 bits per heavy atom. The Labute approximate surface area is 175 Å². The quantitative estimate of drug-likeness (QED) is 0.677. The summed E-state index contributed by atoms with van der Waals surface area (Å²) >= 11 is 0. The topological polar surface area (TPSA) is 49.4 Å². The molecule has 0 fully saturated rings. The molecule has 2 aromatic carbocycles. The van der Waals surface area contributed by atoms with Gasteiger partial charge in [0.1, 0.15) is 6.04 Å². The van der Waals surface area contributed by atoms with Crippen LogP contribution >= 0.6 is 0 Å². The summed E-state index contributed by atoms with van der Waals surface area (Å²) in [5.41, 5.74) is 4.54. The molecule has 0 bridgehead atoms. The summed E-state index contributed by atoms with van der Waals surface area (Å²) in [5.74, 6) is -0.104. The van der Waals surface area contributed by atoms with E-state index in [-0.39, 0.29) is 17.9 Å². The summed E-state index contributed by atoms with van der Waals surface area (Å²) in [7, 11) is 0. The number of nitrogens with zero attached hydrogens (tertiary/aromatic N) is 1. The Kier molecular flexibility index (Phi) is 8.44. The van der Waals surface area contributed by atoms with Crippen LogP contribution in [0.5, 0.6) is 0 Å². The molecule has 0 aromatic heterocycles. The van der Waals surface area contributed by atoms with Crippen LogP contribution < -0.4 is 5.32 Å². The van der Waals surface area contributed by atoms with Crippen molar-refractivity contribution in [2.24, 2.45) is 0 Å². The van der Waals surface area contributed by atoms with Crippen LogP contribution in [0.3, 0.4) is 0 Å². The van der Waals surface area contributed by atoms with E-state index in [4.69, 9.17) is 0 Å². The third kappa shape index (κ3) is 7.04. The number of aryl methyl sites for hydroxylation is 3. The van der Waals surface area contributed by atoms with Crippen molar-refractivity contribution in [2.75, 3.05) is 0 Å². The molecule has 0 spiro atoms. The molecule has 2 amide bonds. The number of rotatable bonds is 9. The van der Waals surface area contributed by atoms with Crippen molar-refractivity contribution < 1.29 is 9.59 Å². The van der Waals surface area contributed by atoms with Crippen LogP contribution in [0, 0.1) is 13.8 Å². The van der Waals surface area contributed by atoms with Crippen molar-refractivity contribution in [3.63, 3.8) is 0 Å². The van der Waals surface area contributed by atoms with E-state index in [9.17, 15) is 9.59 Å². The average molecular weight is 395 g/mol. The Balaban J connectivity index is 2.13. The van der Waals surface area contributed by atoms with Gasteiger partial charge in [-0.3, -0.25) is 9.59 Å². The first-order chi connectivity index (χ1) is 13.8. The minimum Gasteiger partial charge on any atom is -0.352 e. The largest absolute Gasteiger partial charge is 0.352 e. The van der Waals surface area contributed by atoms with Crippen LogP contribution in [-0.2, 0) is 22.6 Å². The van der Waals surface area contributed by atoms with Gasteiger partial charge in [-0.2, -0.15) is 0 Å². The van der Waals surface area contributed by atoms with E-state index in [1.807, 2.05) is 52.0 Å². The number of benzene rings is 2. The Hall–Kier alpha value is -2.62. The predicted molar refractivity (Wildman–Crippen MR) is 119 cm³/mol. The van der Waals surface area contributed by atoms with Crippen molar-refractivity contribution >= 4 is 11.8 Å². The normalized spacial score (nSPS) is 12.9. The highest BCUT2D eigenvalue weighted by Crippen LogP contribution is 2.14. The van der Waals surface area contributed by atoms with Gasteiger partial charge in [-0.1, -0.05) is 66.6 Å². The maximum atomic E-state index is 13.1. The molecule has 0 radical (unpaired) electrons. The van der Waals surface area contributed by atoms with Crippen molar-refractivity contribution in [3.05, 3.63) is 70.8 Å². The average Bonchev–Trinajstić information content (AvgIpc) is 2.72. The summed E-state index contributed by atoms with van der Waals surface area (Å²) < 4.78 is 0. The third-order valence-corrected chi connectivity index (χ3v) is 5.39. The highest BCUT2D eigenvalue weighted by Gasteiger charge is 2.26. The summed E-state index contributed by atoms with van der Waals surface area (Å²) in [4.78, 5) is 27.5. The Morgan fingerprint density at radius 3 is 1.93 bits per heavy atom. The lowest BCUT2D eigenvalue weighted by Crippen LogP contribution is -2.49. The van der Waals surface area contributed by atoms with Crippen molar-refractivity contribution in [1.29, 1.82) is 0 Å². The van der Waals surface area contributed by atoms with Gasteiger partial charge < -0.3 is 10.2 Å². The summed E-state index contributed by atoms with van der Waals surface area (Å²) in [5, 5.41) is 3.01. The van der Waals surface area contributed by atoms with Crippen LogP contribution in [0.15, 0.2) is 48.5 Å². The molecule has 156 valence electrons. The molecule has 0 saturated heterocycles. The number of hydrogen-bond acceptors (Lipinski definition) is 2. The molecule has 2 atom stereocenters. The first-order valence-electron chi connectivity index (χ1n) is 10.5. The zero-order valence-corrected chi connectivity index (χ0v) is 18.4. The molecule has 1 N–H and O–H groups in total. The molecule has 0 saturated carbocycles. The lowest BCUT2D eigenvalue weighted by molar-refractivity contribution is -0.140. The molecule has 29 heavy (non-hydrogen) atoms. The lowest BCUT2D eigenvalue weighted by atomic mass is 10.1. The SMILES string of the molecule is CC[C@@H](C)NC(=O)[C@H](C)N(Cc1ccc(C)cc1)C(=O)CCc1ccc(C)cc1. The van der Waals surface area contributed by atoms with Crippen LogP contribution in [-0.4, -0.2) is 28.8 Å². The second-order valence-corrected chi connectivity index (χ2v) is 7.99. The second kappa shape index (κ2) is 10.8. The minimum atomic E-state index is -0.518. The first kappa shape index (κ1) is 22.7. The van der Waals surface area contributed by atoms with Gasteiger partial charge >= 0.3 is 0 Å². The molecule has 0 aliphatic rings. The molecule has 2 aromatic rings. The van der Waals surface area contributed by atoms with E-state index in [1.54, 1.807) is 4.90 Å². The fraction of sp³-hybridized carbons (Fsp3) is 0.440. The summed E-state index contributed by atoms with van der Waals surface area (Å²) in [6.45, 7) is 10.4. The van der Waals surface area contributed by atoms with Gasteiger partial charge in [0.25, 0.3) is 0 Å². The highest BCUT2D eigenvalue weighted by atomic mass is 16.2. The number of amides is 2. The van der Waals surface area contributed by atoms with Gasteiger partial charge in [0.2, 0.25) is 11.8 Å². The van der Waals surface area contributed by atoms with E-state index in [0.717, 1.165) is 17.5 Å². The minimum absolute atomic E-state index is 0.00190. The van der Waals surface area contributed by atoms with Crippen molar-refractivity contribution in [1.82, 2.24) is 10.2 Å². The Morgan fingerprint density at radius 1 is 0.897 bits per heavy atom. The molecule has 0 aliphatic heterocycles. The molecule has 0 unspecified atom stereocenters. The monoisotopic (exact) mass is 394 g/mol. The molecular formula is C25H34N2O2. The molecule has 0 heterocycles. The van der Waals surface area contributed by atoms with Gasteiger partial charge in [0, 0.05) is 19.0 Å². The van der Waals surface area contributed by atoms with Crippen molar-refractivity contribution in [3.8, 4) is 0 Å². The highest BCUT2D eigenvalue weighted by molar-refractivity contribution is 5.87. The van der Waals surface area contributed by atoms with E-state index in [1.165, 1.54) is 11.1 Å². The van der Waals surface area contributed by atoms with Gasteiger partial charge in [-0.05, 0) is 51.7 Å². The maximum Gasteiger partial charge on any atom is 0.242 e. The standard InChI is InChI=1S/C25H34N2O2/c1-6-20(4)26-25(29)21(5)27(17-23-13-9-19(3)10-14-23)24(28)16-15-22-11-7-18(2)8-12-22/h7-14,20-21H,6,15-17H2,1-5H3,(H,26,29)/t20-,21+/m1/s1. The van der Waals surface area contributed by atoms with Crippen LogP contribution in [0.2, 0.25) is 0 Å². The molecular weight excluding hydrogens is 360 g/mol. The fourth-order valence-electron chi connectivity index (χ4n) is 3.09. The summed E-state index contributed by atoms with van der Waals surface area (Å²) in [6, 6.07) is 15.9. The molecule has 2 rings (SSSR count). The van der Waals surface area contributed by atoms with E-state index in [0.29, 0.717) is 19.4 Å². The van der Waals surface area contributed by atoms with Gasteiger partial charge in [-0.25, -0.2) is 0 Å². The van der Waals surface area contributed by atoms with E-state index >= 15 is 0 Å². The number of nitrogens with one attached hydrogen (secondary N) is 1. The van der Waals surface area contributed by atoms with Crippen molar-refractivity contribution in [2.45, 2.75) is 72.5 Å². The summed E-state index contributed by atoms with van der Waals surface area (Å²) in [6.07, 6.45) is 1.91. The first-order valence-corrected chi connectivity index (χ1v) is 10.5. The van der Waals surface area contributed by atoms with Gasteiger partial charge in [0.05, 0.1) is 0 Å². The van der Waals surface area contributed by atoms with Crippen LogP contribution in [0.1, 0.15) is 55.9 Å². The molecule has 4 heteroatoms. The lowest BCUT2D eigenvalue weighted by Gasteiger charge is -2.30. The zero-order chi connectivity index (χ0) is 21.4. The van der Waals surface area contributed by atoms with Crippen LogP contribution in [0.25, 0.3) is 0 Å². The van der Waals surface area contributed by atoms with Gasteiger partial charge in [-0.15, -0.1) is 0 Å². The third-order valence-electron chi connectivity index (χ3n) is 5.39. The van der Waals surface area contributed by atoms with E-state index in [2.05, 4.69) is 36.5 Å². The smallest absolute Gasteiger partial charge is 0.242 e. The fourth-order valence-corrected chi connectivity index (χ4v) is 3.09. The maximum absolute atomic E-state index is 13.1. The molecule has 0 aliphatic carbocycles. The number of hydrogen-bond donors (Lipinski definition) is 1. The number of carbonyl (C=O) groups is 2. The van der Waals surface area contributed by atoms with Crippen LogP contribution in [0.4, 0.5) is 0 Å².